The summed E-state index contributed by atoms with van der Waals surface area (Å²) < 4.78 is 0.270. The van der Waals surface area contributed by atoms with Crippen LogP contribution in [0.4, 0.5) is 0 Å². The van der Waals surface area contributed by atoms with E-state index in [-0.39, 0.29) is 9.49 Å². The van der Waals surface area contributed by atoms with Crippen molar-refractivity contribution in [3.63, 3.8) is 0 Å². The third-order valence-electron chi connectivity index (χ3n) is 6.04. The van der Waals surface area contributed by atoms with E-state index in [0.29, 0.717) is 5.78 Å². The van der Waals surface area contributed by atoms with Gasteiger partial charge in [-0.25, -0.2) is 0 Å². The number of hydrogen-bond donors (Lipinski definition) is 0. The molecule has 1 aromatic rings. The smallest absolute Gasteiger partial charge is 0.168 e. The molecule has 1 heterocycles. The Morgan fingerprint density at radius 2 is 1.80 bits per heavy atom. The van der Waals surface area contributed by atoms with Gasteiger partial charge in [-0.2, -0.15) is 0 Å². The van der Waals surface area contributed by atoms with Gasteiger partial charge in [-0.1, -0.05) is 42.8 Å². The van der Waals surface area contributed by atoms with Crippen LogP contribution in [-0.4, -0.2) is 21.4 Å². The summed E-state index contributed by atoms with van der Waals surface area (Å²) in [5.74, 6) is 2.86. The second-order valence-electron chi connectivity index (χ2n) is 7.60. The minimum Gasteiger partial charge on any atom is -0.294 e. The minimum atomic E-state index is -0.262. The molecule has 1 aliphatic heterocycles. The van der Waals surface area contributed by atoms with E-state index in [2.05, 4.69) is 73.8 Å². The molecule has 0 aromatic heterocycles. The number of thioether (sulfide) groups is 2. The van der Waals surface area contributed by atoms with Crippen molar-refractivity contribution in [2.75, 3.05) is 11.5 Å². The van der Waals surface area contributed by atoms with Crippen molar-refractivity contribution in [1.82, 2.24) is 0 Å². The van der Waals surface area contributed by atoms with Gasteiger partial charge in [0.15, 0.2) is 5.78 Å². The topological polar surface area (TPSA) is 17.1 Å². The summed E-state index contributed by atoms with van der Waals surface area (Å²) in [4.78, 5) is 13.3. The molecule has 1 nitrogen and oxygen atoms in total. The third-order valence-corrected chi connectivity index (χ3v) is 9.44. The first-order valence-corrected chi connectivity index (χ1v) is 11.4. The van der Waals surface area contributed by atoms with E-state index in [0.717, 1.165) is 43.2 Å². The summed E-state index contributed by atoms with van der Waals surface area (Å²) in [7, 11) is 0. The minimum absolute atomic E-state index is 0.262. The standard InChI is InChI=1S/C22H26OS2/c1-3-16-4-6-17(7-5-16)14-18-8-9-19-15-22(24-12-13-25-22)11-10-21(19,2)20(18)23/h4-7,14-15H,3,8-13H2,1-2H3/b18-14+. The van der Waals surface area contributed by atoms with Crippen LogP contribution in [0.5, 0.6) is 0 Å². The number of rotatable bonds is 2. The Bertz CT molecular complexity index is 738. The van der Waals surface area contributed by atoms with Crippen molar-refractivity contribution < 1.29 is 4.79 Å². The Balaban J connectivity index is 1.61. The predicted molar refractivity (Wildman–Crippen MR) is 111 cm³/mol. The van der Waals surface area contributed by atoms with Gasteiger partial charge < -0.3 is 0 Å². The molecule has 3 heteroatoms. The molecule has 1 atom stereocenters. The molecule has 25 heavy (non-hydrogen) atoms. The lowest BCUT2D eigenvalue weighted by molar-refractivity contribution is -0.123. The number of allylic oxidation sites excluding steroid dienone is 2. The molecule has 132 valence electrons. The van der Waals surface area contributed by atoms with Crippen molar-refractivity contribution in [1.29, 1.82) is 0 Å². The fourth-order valence-corrected chi connectivity index (χ4v) is 7.45. The Morgan fingerprint density at radius 1 is 1.08 bits per heavy atom. The molecule has 0 amide bonds. The van der Waals surface area contributed by atoms with Gasteiger partial charge >= 0.3 is 0 Å². The molecule has 1 aromatic carbocycles. The van der Waals surface area contributed by atoms with Gasteiger partial charge in [0.2, 0.25) is 0 Å². The average Bonchev–Trinajstić information content (AvgIpc) is 3.09. The average molecular weight is 371 g/mol. The van der Waals surface area contributed by atoms with E-state index < -0.39 is 0 Å². The van der Waals surface area contributed by atoms with Crippen molar-refractivity contribution in [2.24, 2.45) is 5.41 Å². The molecule has 2 aliphatic carbocycles. The van der Waals surface area contributed by atoms with Crippen LogP contribution in [0.2, 0.25) is 0 Å². The van der Waals surface area contributed by atoms with Gasteiger partial charge in [0.25, 0.3) is 0 Å². The van der Waals surface area contributed by atoms with E-state index in [9.17, 15) is 4.79 Å². The van der Waals surface area contributed by atoms with Crippen molar-refractivity contribution in [2.45, 2.75) is 50.0 Å². The van der Waals surface area contributed by atoms with Crippen LogP contribution in [0.25, 0.3) is 6.08 Å². The number of carbonyl (C=O) groups is 1. The van der Waals surface area contributed by atoms with Crippen LogP contribution >= 0.6 is 23.5 Å². The molecule has 1 saturated heterocycles. The largest absolute Gasteiger partial charge is 0.294 e. The number of aryl methyl sites for hydroxylation is 1. The molecule has 4 rings (SSSR count). The lowest BCUT2D eigenvalue weighted by atomic mass is 9.63. The molecule has 0 radical (unpaired) electrons. The zero-order valence-electron chi connectivity index (χ0n) is 15.1. The molecule has 0 bridgehead atoms. The van der Waals surface area contributed by atoms with Crippen LogP contribution < -0.4 is 0 Å². The molecule has 1 unspecified atom stereocenters. The van der Waals surface area contributed by atoms with E-state index in [1.807, 2.05) is 0 Å². The van der Waals surface area contributed by atoms with Gasteiger partial charge in [0, 0.05) is 11.5 Å². The fraction of sp³-hybridized carbons (Fsp3) is 0.500. The number of benzene rings is 1. The summed E-state index contributed by atoms with van der Waals surface area (Å²) in [6.45, 7) is 4.36. The summed E-state index contributed by atoms with van der Waals surface area (Å²) >= 11 is 4.18. The van der Waals surface area contributed by atoms with Gasteiger partial charge in [-0.05, 0) is 61.8 Å². The molecule has 1 spiro atoms. The zero-order valence-corrected chi connectivity index (χ0v) is 16.8. The van der Waals surface area contributed by atoms with Crippen LogP contribution in [0.1, 0.15) is 50.7 Å². The van der Waals surface area contributed by atoms with Crippen molar-refractivity contribution in [3.05, 3.63) is 52.6 Å². The lowest BCUT2D eigenvalue weighted by Gasteiger charge is -2.44. The lowest BCUT2D eigenvalue weighted by Crippen LogP contribution is -2.40. The van der Waals surface area contributed by atoms with Gasteiger partial charge in [0.1, 0.15) is 0 Å². The van der Waals surface area contributed by atoms with Gasteiger partial charge in [-0.3, -0.25) is 4.79 Å². The second-order valence-corrected chi connectivity index (χ2v) is 10.7. The molecule has 2 fully saturated rings. The van der Waals surface area contributed by atoms with Crippen molar-refractivity contribution >= 4 is 35.4 Å². The van der Waals surface area contributed by atoms with Crippen LogP contribution in [0.15, 0.2) is 41.5 Å². The highest BCUT2D eigenvalue weighted by atomic mass is 32.2. The SMILES string of the molecule is CCc1ccc(/C=C2\CCC3=CC4(CCC3(C)C2=O)SCCS4)cc1. The van der Waals surface area contributed by atoms with Gasteiger partial charge in [-0.15, -0.1) is 23.5 Å². The highest BCUT2D eigenvalue weighted by Crippen LogP contribution is 2.57. The monoisotopic (exact) mass is 370 g/mol. The van der Waals surface area contributed by atoms with Crippen LogP contribution in [0, 0.1) is 5.41 Å². The summed E-state index contributed by atoms with van der Waals surface area (Å²) in [5, 5.41) is 0. The quantitative estimate of drug-likeness (QED) is 0.477. The molecule has 3 aliphatic rings. The van der Waals surface area contributed by atoms with Crippen LogP contribution in [-0.2, 0) is 11.2 Å². The Hall–Kier alpha value is -0.930. The summed E-state index contributed by atoms with van der Waals surface area (Å²) in [6, 6.07) is 8.64. The number of ketones is 1. The highest BCUT2D eigenvalue weighted by molar-refractivity contribution is 8.21. The van der Waals surface area contributed by atoms with Crippen LogP contribution in [0.3, 0.4) is 0 Å². The highest BCUT2D eigenvalue weighted by Gasteiger charge is 2.49. The Labute approximate surface area is 159 Å². The summed E-state index contributed by atoms with van der Waals surface area (Å²) in [5.41, 5.74) is 4.67. The molecule has 1 saturated carbocycles. The molecular weight excluding hydrogens is 344 g/mol. The number of carbonyl (C=O) groups excluding carboxylic acids is 1. The Morgan fingerprint density at radius 3 is 2.48 bits per heavy atom. The maximum atomic E-state index is 13.3. The van der Waals surface area contributed by atoms with E-state index >= 15 is 0 Å². The summed E-state index contributed by atoms with van der Waals surface area (Å²) in [6.07, 6.45) is 9.73. The van der Waals surface area contributed by atoms with Gasteiger partial charge in [0.05, 0.1) is 9.49 Å². The first-order valence-electron chi connectivity index (χ1n) is 9.39. The predicted octanol–water partition coefficient (Wildman–Crippen LogP) is 5.90. The molecule has 0 N–H and O–H groups in total. The number of fused-ring (bicyclic) bond motifs is 1. The normalized spacial score (nSPS) is 29.8. The maximum Gasteiger partial charge on any atom is 0.168 e. The number of Topliss-reactive ketones (excluding diaryl/α,β-unsaturated/α-hetero) is 1. The first-order chi connectivity index (χ1) is 12.0. The second kappa shape index (κ2) is 6.66. The van der Waals surface area contributed by atoms with Crippen molar-refractivity contribution in [3.8, 4) is 0 Å². The van der Waals surface area contributed by atoms with E-state index in [4.69, 9.17) is 0 Å². The van der Waals surface area contributed by atoms with E-state index in [1.165, 1.54) is 22.6 Å². The zero-order chi connectivity index (χ0) is 17.5. The number of hydrogen-bond acceptors (Lipinski definition) is 3. The van der Waals surface area contributed by atoms with E-state index in [1.54, 1.807) is 0 Å². The Kier molecular flexibility index (Phi) is 4.66. The fourth-order valence-electron chi connectivity index (χ4n) is 4.31. The maximum absolute atomic E-state index is 13.3. The first kappa shape index (κ1) is 17.5. The third kappa shape index (κ3) is 3.14. The molecular formula is C22H26OS2.